The third-order valence-electron chi connectivity index (χ3n) is 4.87. The number of aromatic nitrogens is 4. The molecule has 3 aromatic heterocycles. The molecule has 0 aliphatic heterocycles. The zero-order valence-electron chi connectivity index (χ0n) is 17.7. The van der Waals surface area contributed by atoms with Crippen molar-refractivity contribution in [3.63, 3.8) is 0 Å². The molecular formula is C24H18FN5O2S2. The fraction of sp³-hybridized carbons (Fsp3) is 0.0833. The van der Waals surface area contributed by atoms with Crippen molar-refractivity contribution >= 4 is 34.1 Å². The number of thioether (sulfide) groups is 1. The minimum absolute atomic E-state index is 0.135. The van der Waals surface area contributed by atoms with E-state index in [2.05, 4.69) is 20.5 Å². The second kappa shape index (κ2) is 10.0. The summed E-state index contributed by atoms with van der Waals surface area (Å²) in [5.74, 6) is 1.08. The van der Waals surface area contributed by atoms with Crippen LogP contribution in [0.5, 0.6) is 0 Å². The number of nitrogens with zero attached hydrogens (tertiary/aromatic N) is 4. The zero-order chi connectivity index (χ0) is 23.3. The molecule has 0 radical (unpaired) electrons. The number of nitrogens with one attached hydrogen (secondary N) is 1. The molecule has 3 heterocycles. The first kappa shape index (κ1) is 22.1. The third kappa shape index (κ3) is 5.08. The summed E-state index contributed by atoms with van der Waals surface area (Å²) in [4.78, 5) is 17.0. The summed E-state index contributed by atoms with van der Waals surface area (Å²) in [6, 6.07) is 19.5. The number of hydrogen-bond acceptors (Lipinski definition) is 7. The molecular weight excluding hydrogens is 473 g/mol. The van der Waals surface area contributed by atoms with Crippen LogP contribution in [-0.4, -0.2) is 31.4 Å². The van der Waals surface area contributed by atoms with Crippen molar-refractivity contribution in [2.24, 2.45) is 0 Å². The lowest BCUT2D eigenvalue weighted by molar-refractivity contribution is -0.113. The Labute approximate surface area is 202 Å². The van der Waals surface area contributed by atoms with Crippen LogP contribution in [0.1, 0.15) is 5.76 Å². The number of carbonyl (C=O) groups is 1. The molecule has 5 aromatic rings. The van der Waals surface area contributed by atoms with Crippen LogP contribution in [0.2, 0.25) is 0 Å². The molecule has 5 rings (SSSR count). The van der Waals surface area contributed by atoms with Crippen molar-refractivity contribution < 1.29 is 13.6 Å². The van der Waals surface area contributed by atoms with Crippen molar-refractivity contribution in [1.82, 2.24) is 19.7 Å². The number of carbonyl (C=O) groups excluding carboxylic acids is 1. The molecule has 0 saturated carbocycles. The molecule has 0 bridgehead atoms. The number of amides is 1. The van der Waals surface area contributed by atoms with Gasteiger partial charge in [-0.05, 0) is 36.4 Å². The van der Waals surface area contributed by atoms with Gasteiger partial charge in [0.15, 0.2) is 16.1 Å². The largest absolute Gasteiger partial charge is 0.467 e. The number of furan rings is 1. The topological polar surface area (TPSA) is 85.8 Å². The van der Waals surface area contributed by atoms with E-state index in [1.807, 2.05) is 52.4 Å². The molecule has 170 valence electrons. The first-order chi connectivity index (χ1) is 16.7. The van der Waals surface area contributed by atoms with Gasteiger partial charge in [0.05, 0.1) is 24.3 Å². The summed E-state index contributed by atoms with van der Waals surface area (Å²) < 4.78 is 20.6. The Hall–Kier alpha value is -3.76. The van der Waals surface area contributed by atoms with Crippen molar-refractivity contribution in [2.45, 2.75) is 11.7 Å². The van der Waals surface area contributed by atoms with E-state index < -0.39 is 0 Å². The minimum Gasteiger partial charge on any atom is -0.467 e. The Kier molecular flexibility index (Phi) is 6.50. The smallest absolute Gasteiger partial charge is 0.236 e. The second-order valence-corrected chi connectivity index (χ2v) is 9.02. The Morgan fingerprint density at radius 2 is 1.85 bits per heavy atom. The Balaban J connectivity index is 1.28. The van der Waals surface area contributed by atoms with E-state index in [1.54, 1.807) is 18.4 Å². The van der Waals surface area contributed by atoms with Crippen molar-refractivity contribution in [3.8, 4) is 22.6 Å². The lowest BCUT2D eigenvalue weighted by atomic mass is 10.2. The maximum atomic E-state index is 13.1. The van der Waals surface area contributed by atoms with Crippen LogP contribution >= 0.6 is 23.1 Å². The van der Waals surface area contributed by atoms with Gasteiger partial charge in [-0.15, -0.1) is 21.5 Å². The van der Waals surface area contributed by atoms with E-state index in [9.17, 15) is 9.18 Å². The Morgan fingerprint density at radius 3 is 2.62 bits per heavy atom. The average molecular weight is 492 g/mol. The minimum atomic E-state index is -0.306. The molecule has 1 N–H and O–H groups in total. The van der Waals surface area contributed by atoms with Gasteiger partial charge in [0, 0.05) is 16.5 Å². The number of anilines is 1. The standard InChI is InChI=1S/C24H18FN5O2S2/c25-18-10-8-16(9-11-18)20-14-33-23(26-20)27-21(31)15-34-24-29-28-22(17-5-2-1-3-6-17)30(24)13-19-7-4-12-32-19/h1-12,14H,13,15H2,(H,26,27,31). The van der Waals surface area contributed by atoms with Gasteiger partial charge in [-0.3, -0.25) is 9.36 Å². The highest BCUT2D eigenvalue weighted by Gasteiger charge is 2.17. The molecule has 0 unspecified atom stereocenters. The van der Waals surface area contributed by atoms with Gasteiger partial charge >= 0.3 is 0 Å². The molecule has 0 spiro atoms. The molecule has 34 heavy (non-hydrogen) atoms. The van der Waals surface area contributed by atoms with E-state index in [0.717, 1.165) is 16.9 Å². The van der Waals surface area contributed by atoms with Crippen molar-refractivity contribution in [2.75, 3.05) is 11.1 Å². The monoisotopic (exact) mass is 491 g/mol. The summed E-state index contributed by atoms with van der Waals surface area (Å²) in [7, 11) is 0. The Bertz CT molecular complexity index is 1380. The normalized spacial score (nSPS) is 11.0. The van der Waals surface area contributed by atoms with Gasteiger partial charge in [-0.2, -0.15) is 0 Å². The maximum Gasteiger partial charge on any atom is 0.236 e. The van der Waals surface area contributed by atoms with Gasteiger partial charge in [0.2, 0.25) is 5.91 Å². The summed E-state index contributed by atoms with van der Waals surface area (Å²) in [5.41, 5.74) is 2.39. The van der Waals surface area contributed by atoms with Crippen LogP contribution in [-0.2, 0) is 11.3 Å². The molecule has 10 heteroatoms. The fourth-order valence-corrected chi connectivity index (χ4v) is 4.74. The molecule has 0 fully saturated rings. The molecule has 1 amide bonds. The molecule has 0 aliphatic carbocycles. The molecule has 7 nitrogen and oxygen atoms in total. The number of thiazole rings is 1. The van der Waals surface area contributed by atoms with Crippen LogP contribution in [0.15, 0.2) is 87.9 Å². The zero-order valence-corrected chi connectivity index (χ0v) is 19.4. The lowest BCUT2D eigenvalue weighted by Crippen LogP contribution is -2.14. The van der Waals surface area contributed by atoms with E-state index in [-0.39, 0.29) is 17.5 Å². The SMILES string of the molecule is O=C(CSc1nnc(-c2ccccc2)n1Cc1ccco1)Nc1nc(-c2ccc(F)cc2)cs1. The number of rotatable bonds is 8. The molecule has 0 saturated heterocycles. The summed E-state index contributed by atoms with van der Waals surface area (Å²) in [5, 5.41) is 14.4. The van der Waals surface area contributed by atoms with E-state index in [4.69, 9.17) is 4.42 Å². The molecule has 0 atom stereocenters. The van der Waals surface area contributed by atoms with Gasteiger partial charge in [-0.25, -0.2) is 9.37 Å². The van der Waals surface area contributed by atoms with Gasteiger partial charge in [-0.1, -0.05) is 42.1 Å². The molecule has 0 aliphatic rings. The fourth-order valence-electron chi connectivity index (χ4n) is 3.27. The highest BCUT2D eigenvalue weighted by atomic mass is 32.2. The number of hydrogen-bond donors (Lipinski definition) is 1. The molecule has 2 aromatic carbocycles. The average Bonchev–Trinajstić information content (AvgIpc) is 3.61. The highest BCUT2D eigenvalue weighted by molar-refractivity contribution is 7.99. The maximum absolute atomic E-state index is 13.1. The van der Waals surface area contributed by atoms with Crippen LogP contribution < -0.4 is 5.32 Å². The summed E-state index contributed by atoms with van der Waals surface area (Å²) >= 11 is 2.60. The predicted molar refractivity (Wildman–Crippen MR) is 130 cm³/mol. The first-order valence-corrected chi connectivity index (χ1v) is 12.2. The highest BCUT2D eigenvalue weighted by Crippen LogP contribution is 2.27. The van der Waals surface area contributed by atoms with Crippen LogP contribution in [0.25, 0.3) is 22.6 Å². The van der Waals surface area contributed by atoms with Crippen LogP contribution in [0.4, 0.5) is 9.52 Å². The van der Waals surface area contributed by atoms with Gasteiger partial charge in [0.25, 0.3) is 0 Å². The van der Waals surface area contributed by atoms with Gasteiger partial charge in [0.1, 0.15) is 11.6 Å². The lowest BCUT2D eigenvalue weighted by Gasteiger charge is -2.08. The number of halogens is 1. The number of benzene rings is 2. The van der Waals surface area contributed by atoms with Crippen LogP contribution in [0.3, 0.4) is 0 Å². The van der Waals surface area contributed by atoms with E-state index >= 15 is 0 Å². The van der Waals surface area contributed by atoms with E-state index in [1.165, 1.54) is 35.2 Å². The third-order valence-corrected chi connectivity index (χ3v) is 6.59. The first-order valence-electron chi connectivity index (χ1n) is 10.3. The van der Waals surface area contributed by atoms with Crippen LogP contribution in [0, 0.1) is 5.82 Å². The van der Waals surface area contributed by atoms with Crippen molar-refractivity contribution in [3.05, 3.63) is 90.0 Å². The Morgan fingerprint density at radius 1 is 1.03 bits per heavy atom. The van der Waals surface area contributed by atoms with E-state index in [0.29, 0.717) is 28.4 Å². The predicted octanol–water partition coefficient (Wildman–Crippen LogP) is 5.58. The van der Waals surface area contributed by atoms with Crippen molar-refractivity contribution in [1.29, 1.82) is 0 Å². The van der Waals surface area contributed by atoms with Gasteiger partial charge < -0.3 is 9.73 Å². The summed E-state index contributed by atoms with van der Waals surface area (Å²) in [6.07, 6.45) is 1.62. The second-order valence-electron chi connectivity index (χ2n) is 7.22. The summed E-state index contributed by atoms with van der Waals surface area (Å²) in [6.45, 7) is 0.446. The quantitative estimate of drug-likeness (QED) is 0.285.